The molecule has 0 atom stereocenters. The van der Waals surface area contributed by atoms with E-state index in [1.807, 2.05) is 84.6 Å². The molecule has 48 heavy (non-hydrogen) atoms. The lowest BCUT2D eigenvalue weighted by atomic mass is 9.98. The Morgan fingerprint density at radius 1 is 0.771 bits per heavy atom. The third-order valence-electron chi connectivity index (χ3n) is 8.85. The SMILES string of the molecule is Cc1ccc(-c2ccccc2C(=O)Nc2ccc(C(=O)N(C)c3ccccc3OCCCCCCC(=O)N3CCN(C)CC3)cc2)cc1. The highest BCUT2D eigenvalue weighted by Crippen LogP contribution is 2.29. The minimum atomic E-state index is -0.215. The minimum Gasteiger partial charge on any atom is -0.491 e. The van der Waals surface area contributed by atoms with Gasteiger partial charge >= 0.3 is 0 Å². The summed E-state index contributed by atoms with van der Waals surface area (Å²) in [4.78, 5) is 45.0. The lowest BCUT2D eigenvalue weighted by Gasteiger charge is -2.32. The van der Waals surface area contributed by atoms with Gasteiger partial charge in [-0.3, -0.25) is 14.4 Å². The number of nitrogens with one attached hydrogen (secondary N) is 1. The van der Waals surface area contributed by atoms with Gasteiger partial charge in [-0.15, -0.1) is 0 Å². The minimum absolute atomic E-state index is 0.182. The van der Waals surface area contributed by atoms with E-state index in [0.717, 1.165) is 68.6 Å². The zero-order valence-corrected chi connectivity index (χ0v) is 28.3. The molecule has 0 aliphatic carbocycles. The van der Waals surface area contributed by atoms with Crippen LogP contribution in [-0.2, 0) is 4.79 Å². The van der Waals surface area contributed by atoms with Crippen LogP contribution in [0.5, 0.6) is 5.75 Å². The molecule has 3 amide bonds. The van der Waals surface area contributed by atoms with Crippen LogP contribution in [0.15, 0.2) is 97.1 Å². The normalized spacial score (nSPS) is 13.2. The number of para-hydroxylation sites is 2. The van der Waals surface area contributed by atoms with Crippen LogP contribution in [0, 0.1) is 6.92 Å². The van der Waals surface area contributed by atoms with E-state index in [4.69, 9.17) is 4.74 Å². The summed E-state index contributed by atoms with van der Waals surface area (Å²) in [5, 5.41) is 2.97. The van der Waals surface area contributed by atoms with Crippen molar-refractivity contribution in [2.75, 3.05) is 57.1 Å². The molecule has 4 aromatic rings. The van der Waals surface area contributed by atoms with Gasteiger partial charge in [-0.1, -0.05) is 73.0 Å². The maximum atomic E-state index is 13.5. The number of unbranched alkanes of at least 4 members (excludes halogenated alkanes) is 3. The molecule has 1 fully saturated rings. The summed E-state index contributed by atoms with van der Waals surface area (Å²) >= 11 is 0. The molecular weight excluding hydrogens is 600 g/mol. The molecule has 0 spiro atoms. The molecule has 1 saturated heterocycles. The van der Waals surface area contributed by atoms with E-state index in [1.54, 1.807) is 36.2 Å². The summed E-state index contributed by atoms with van der Waals surface area (Å²) in [6, 6.07) is 30.1. The summed E-state index contributed by atoms with van der Waals surface area (Å²) in [5.41, 5.74) is 5.36. The van der Waals surface area contributed by atoms with Gasteiger partial charge in [0.2, 0.25) is 5.91 Å². The van der Waals surface area contributed by atoms with Crippen LogP contribution in [0.2, 0.25) is 0 Å². The van der Waals surface area contributed by atoms with Gasteiger partial charge in [0, 0.05) is 56.5 Å². The quantitative estimate of drug-likeness (QED) is 0.154. The van der Waals surface area contributed by atoms with Crippen LogP contribution in [0.3, 0.4) is 0 Å². The van der Waals surface area contributed by atoms with Gasteiger partial charge < -0.3 is 24.8 Å². The van der Waals surface area contributed by atoms with Gasteiger partial charge in [-0.2, -0.15) is 0 Å². The number of benzene rings is 4. The summed E-state index contributed by atoms with van der Waals surface area (Å²) < 4.78 is 6.11. The van der Waals surface area contributed by atoms with Crippen molar-refractivity contribution in [1.82, 2.24) is 9.80 Å². The maximum Gasteiger partial charge on any atom is 0.258 e. The first-order valence-electron chi connectivity index (χ1n) is 16.8. The molecule has 0 saturated carbocycles. The number of likely N-dealkylation sites (N-methyl/N-ethyl adjacent to an activating group) is 1. The fourth-order valence-electron chi connectivity index (χ4n) is 5.85. The third kappa shape index (κ3) is 9.10. The number of hydrogen-bond acceptors (Lipinski definition) is 5. The first-order chi connectivity index (χ1) is 23.3. The van der Waals surface area contributed by atoms with Gasteiger partial charge in [0.1, 0.15) is 5.75 Å². The van der Waals surface area contributed by atoms with Crippen LogP contribution in [-0.4, -0.2) is 74.4 Å². The highest BCUT2D eigenvalue weighted by Gasteiger charge is 2.20. The topological polar surface area (TPSA) is 82.2 Å². The monoisotopic (exact) mass is 646 g/mol. The van der Waals surface area contributed by atoms with E-state index >= 15 is 0 Å². The van der Waals surface area contributed by atoms with Crippen molar-refractivity contribution >= 4 is 29.1 Å². The van der Waals surface area contributed by atoms with E-state index in [2.05, 4.69) is 17.3 Å². The highest BCUT2D eigenvalue weighted by atomic mass is 16.5. The van der Waals surface area contributed by atoms with Crippen LogP contribution < -0.4 is 15.0 Å². The van der Waals surface area contributed by atoms with Gasteiger partial charge in [0.15, 0.2) is 0 Å². The Bertz CT molecular complexity index is 1680. The number of amides is 3. The Kier molecular flexibility index (Phi) is 12.0. The maximum absolute atomic E-state index is 13.5. The molecular formula is C40H46N4O4. The zero-order chi connectivity index (χ0) is 33.9. The van der Waals surface area contributed by atoms with Crippen molar-refractivity contribution in [1.29, 1.82) is 0 Å². The van der Waals surface area contributed by atoms with Crippen LogP contribution in [0.4, 0.5) is 11.4 Å². The molecule has 0 bridgehead atoms. The van der Waals surface area contributed by atoms with Crippen molar-refractivity contribution in [3.8, 4) is 16.9 Å². The van der Waals surface area contributed by atoms with Crippen molar-refractivity contribution in [3.63, 3.8) is 0 Å². The summed E-state index contributed by atoms with van der Waals surface area (Å²) in [7, 11) is 3.83. The molecule has 250 valence electrons. The lowest BCUT2D eigenvalue weighted by molar-refractivity contribution is -0.132. The number of nitrogens with zero attached hydrogens (tertiary/aromatic N) is 3. The number of rotatable bonds is 13. The first kappa shape index (κ1) is 34.4. The highest BCUT2D eigenvalue weighted by molar-refractivity contribution is 6.09. The Morgan fingerprint density at radius 3 is 2.19 bits per heavy atom. The van der Waals surface area contributed by atoms with Gasteiger partial charge in [0.25, 0.3) is 11.8 Å². The summed E-state index contributed by atoms with van der Waals surface area (Å²) in [6.07, 6.45) is 4.33. The van der Waals surface area contributed by atoms with Crippen molar-refractivity contribution in [2.24, 2.45) is 0 Å². The second-order valence-electron chi connectivity index (χ2n) is 12.5. The van der Waals surface area contributed by atoms with Gasteiger partial charge in [-0.05, 0) is 80.4 Å². The first-order valence-corrected chi connectivity index (χ1v) is 16.8. The molecule has 5 rings (SSSR count). The molecule has 4 aromatic carbocycles. The smallest absolute Gasteiger partial charge is 0.258 e. The number of carbonyl (C=O) groups is 3. The fraction of sp³-hybridized carbons (Fsp3) is 0.325. The van der Waals surface area contributed by atoms with Gasteiger partial charge in [-0.25, -0.2) is 0 Å². The molecule has 0 aromatic heterocycles. The number of carbonyl (C=O) groups excluding carboxylic acids is 3. The molecule has 8 nitrogen and oxygen atoms in total. The van der Waals surface area contributed by atoms with Crippen molar-refractivity contribution in [2.45, 2.75) is 39.0 Å². The number of hydrogen-bond donors (Lipinski definition) is 1. The number of anilines is 2. The van der Waals surface area contributed by atoms with Gasteiger partial charge in [0.05, 0.1) is 12.3 Å². The van der Waals surface area contributed by atoms with Crippen molar-refractivity contribution < 1.29 is 19.1 Å². The average Bonchev–Trinajstić information content (AvgIpc) is 3.11. The molecule has 8 heteroatoms. The average molecular weight is 647 g/mol. The predicted molar refractivity (Wildman–Crippen MR) is 193 cm³/mol. The number of aryl methyl sites for hydroxylation is 1. The van der Waals surface area contributed by atoms with Crippen LogP contribution >= 0.6 is 0 Å². The second-order valence-corrected chi connectivity index (χ2v) is 12.5. The Balaban J connectivity index is 1.10. The van der Waals surface area contributed by atoms with E-state index in [-0.39, 0.29) is 17.7 Å². The summed E-state index contributed by atoms with van der Waals surface area (Å²) in [6.45, 7) is 6.12. The molecule has 1 N–H and O–H groups in total. The third-order valence-corrected chi connectivity index (χ3v) is 8.85. The predicted octanol–water partition coefficient (Wildman–Crippen LogP) is 7.29. The van der Waals surface area contributed by atoms with E-state index in [9.17, 15) is 14.4 Å². The molecule has 0 radical (unpaired) electrons. The largest absolute Gasteiger partial charge is 0.491 e. The molecule has 0 unspecified atom stereocenters. The summed E-state index contributed by atoms with van der Waals surface area (Å²) in [5.74, 6) is 0.515. The van der Waals surface area contributed by atoms with Crippen LogP contribution in [0.1, 0.15) is 58.4 Å². The fourth-order valence-corrected chi connectivity index (χ4v) is 5.85. The zero-order valence-electron chi connectivity index (χ0n) is 28.3. The number of ether oxygens (including phenoxy) is 1. The van der Waals surface area contributed by atoms with E-state index < -0.39 is 0 Å². The molecule has 1 heterocycles. The standard InChI is InChI=1S/C40H46N4O4/c1-30-17-19-31(20-18-30)34-12-7-8-13-35(34)39(46)41-33-23-21-32(22-24-33)40(47)43(3)36-14-9-10-15-37(36)48-29-11-5-4-6-16-38(45)44-27-25-42(2)26-28-44/h7-10,12-15,17-24H,4-6,11,16,25-29H2,1-3H3,(H,41,46). The van der Waals surface area contributed by atoms with E-state index in [1.165, 1.54) is 0 Å². The molecule has 1 aliphatic heterocycles. The Labute approximate surface area is 284 Å². The second kappa shape index (κ2) is 16.7. The number of piperazine rings is 1. The van der Waals surface area contributed by atoms with E-state index in [0.29, 0.717) is 41.3 Å². The van der Waals surface area contributed by atoms with Crippen molar-refractivity contribution in [3.05, 3.63) is 114 Å². The Morgan fingerprint density at radius 2 is 1.44 bits per heavy atom. The lowest BCUT2D eigenvalue weighted by Crippen LogP contribution is -2.47. The van der Waals surface area contributed by atoms with Crippen LogP contribution in [0.25, 0.3) is 11.1 Å². The Hall–Kier alpha value is -4.95. The molecule has 1 aliphatic rings.